The number of hydrogen-bond donors (Lipinski definition) is 1. The Labute approximate surface area is 135 Å². The van der Waals surface area contributed by atoms with Crippen molar-refractivity contribution in [3.63, 3.8) is 0 Å². The third-order valence-corrected chi connectivity index (χ3v) is 3.24. The number of ether oxygens (including phenoxy) is 2. The fourth-order valence-corrected chi connectivity index (χ4v) is 2.00. The molecular weight excluding hydrogens is 294 g/mol. The number of anilines is 1. The molecule has 0 saturated heterocycles. The molecule has 1 atom stereocenters. The Kier molecular flexibility index (Phi) is 5.36. The Morgan fingerprint density at radius 2 is 1.83 bits per heavy atom. The monoisotopic (exact) mass is 313 g/mol. The van der Waals surface area contributed by atoms with Crippen LogP contribution in [0.5, 0.6) is 5.75 Å². The fourth-order valence-electron chi connectivity index (χ4n) is 2.00. The normalized spacial score (nSPS) is 11.4. The van der Waals surface area contributed by atoms with Crippen molar-refractivity contribution < 1.29 is 19.1 Å². The van der Waals surface area contributed by atoms with E-state index >= 15 is 0 Å². The van der Waals surface area contributed by atoms with Crippen molar-refractivity contribution >= 4 is 17.6 Å². The summed E-state index contributed by atoms with van der Waals surface area (Å²) in [5.74, 6) is -0.404. The molecule has 1 N–H and O–H groups in total. The molecule has 0 aliphatic carbocycles. The van der Waals surface area contributed by atoms with Gasteiger partial charge in [0.25, 0.3) is 5.91 Å². The molecule has 0 bridgehead atoms. The van der Waals surface area contributed by atoms with Crippen molar-refractivity contribution in [2.75, 3.05) is 12.4 Å². The molecular formula is C18H19NO4. The summed E-state index contributed by atoms with van der Waals surface area (Å²) in [5.41, 5.74) is 2.03. The van der Waals surface area contributed by atoms with Gasteiger partial charge in [-0.15, -0.1) is 0 Å². The number of carbonyl (C=O) groups is 2. The maximum atomic E-state index is 12.1. The summed E-state index contributed by atoms with van der Waals surface area (Å²) in [6.45, 7) is 3.46. The van der Waals surface area contributed by atoms with Crippen molar-refractivity contribution in [2.24, 2.45) is 0 Å². The number of hydrogen-bond acceptors (Lipinski definition) is 4. The lowest BCUT2D eigenvalue weighted by atomic mass is 10.2. The topological polar surface area (TPSA) is 64.6 Å². The molecule has 0 unspecified atom stereocenters. The zero-order chi connectivity index (χ0) is 16.8. The van der Waals surface area contributed by atoms with Gasteiger partial charge in [-0.2, -0.15) is 0 Å². The van der Waals surface area contributed by atoms with Crippen LogP contribution < -0.4 is 10.1 Å². The average molecular weight is 313 g/mol. The molecule has 0 heterocycles. The molecule has 0 saturated carbocycles. The van der Waals surface area contributed by atoms with Crippen LogP contribution in [0.3, 0.4) is 0 Å². The Morgan fingerprint density at radius 3 is 2.52 bits per heavy atom. The number of nitrogens with one attached hydrogen (secondary N) is 1. The van der Waals surface area contributed by atoms with Gasteiger partial charge in [-0.3, -0.25) is 4.79 Å². The predicted octanol–water partition coefficient (Wildman–Crippen LogP) is 3.19. The van der Waals surface area contributed by atoms with Crippen LogP contribution in [0.1, 0.15) is 22.8 Å². The molecule has 120 valence electrons. The third kappa shape index (κ3) is 4.57. The van der Waals surface area contributed by atoms with Gasteiger partial charge >= 0.3 is 5.97 Å². The number of methoxy groups -OCH3 is 1. The van der Waals surface area contributed by atoms with Gasteiger partial charge in [0, 0.05) is 5.69 Å². The van der Waals surface area contributed by atoms with Gasteiger partial charge in [-0.05, 0) is 49.7 Å². The standard InChI is InChI=1S/C18H19NO4/c1-12-6-4-8-15(10-12)19-17(20)13(2)23-18(21)14-7-5-9-16(11-14)22-3/h4-11,13H,1-3H3,(H,19,20)/t13-/m0/s1. The summed E-state index contributed by atoms with van der Waals surface area (Å²) in [4.78, 5) is 24.2. The lowest BCUT2D eigenvalue weighted by molar-refractivity contribution is -0.123. The van der Waals surface area contributed by atoms with Gasteiger partial charge in [-0.25, -0.2) is 4.79 Å². The van der Waals surface area contributed by atoms with Crippen molar-refractivity contribution in [3.05, 3.63) is 59.7 Å². The first-order valence-electron chi connectivity index (χ1n) is 7.22. The van der Waals surface area contributed by atoms with Gasteiger partial charge in [0.2, 0.25) is 0 Å². The summed E-state index contributed by atoms with van der Waals surface area (Å²) in [7, 11) is 1.52. The first-order valence-corrected chi connectivity index (χ1v) is 7.22. The number of carbonyl (C=O) groups excluding carboxylic acids is 2. The van der Waals surface area contributed by atoms with Gasteiger partial charge in [0.1, 0.15) is 5.75 Å². The molecule has 0 spiro atoms. The van der Waals surface area contributed by atoms with E-state index in [9.17, 15) is 9.59 Å². The summed E-state index contributed by atoms with van der Waals surface area (Å²) in [5, 5.41) is 2.72. The van der Waals surface area contributed by atoms with E-state index in [1.807, 2.05) is 25.1 Å². The van der Waals surface area contributed by atoms with E-state index in [1.165, 1.54) is 14.0 Å². The second-order valence-electron chi connectivity index (χ2n) is 5.14. The summed E-state index contributed by atoms with van der Waals surface area (Å²) in [6, 6.07) is 14.0. The molecule has 1 amide bonds. The Hall–Kier alpha value is -2.82. The number of amides is 1. The summed E-state index contributed by atoms with van der Waals surface area (Å²) >= 11 is 0. The van der Waals surface area contributed by atoms with E-state index in [1.54, 1.807) is 30.3 Å². The first-order chi connectivity index (χ1) is 11.0. The highest BCUT2D eigenvalue weighted by Gasteiger charge is 2.19. The maximum absolute atomic E-state index is 12.1. The number of esters is 1. The van der Waals surface area contributed by atoms with Crippen molar-refractivity contribution in [1.29, 1.82) is 0 Å². The van der Waals surface area contributed by atoms with Crippen molar-refractivity contribution in [2.45, 2.75) is 20.0 Å². The second kappa shape index (κ2) is 7.45. The Balaban J connectivity index is 1.98. The van der Waals surface area contributed by atoms with Crippen LogP contribution >= 0.6 is 0 Å². The number of benzene rings is 2. The Bertz CT molecular complexity index is 712. The molecule has 0 aliphatic heterocycles. The molecule has 23 heavy (non-hydrogen) atoms. The SMILES string of the molecule is COc1cccc(C(=O)O[C@@H](C)C(=O)Nc2cccc(C)c2)c1. The van der Waals surface area contributed by atoms with E-state index in [0.29, 0.717) is 17.0 Å². The molecule has 0 aromatic heterocycles. The Morgan fingerprint density at radius 1 is 1.09 bits per heavy atom. The largest absolute Gasteiger partial charge is 0.497 e. The molecule has 0 aliphatic rings. The van der Waals surface area contributed by atoms with Crippen LogP contribution in [0, 0.1) is 6.92 Å². The highest BCUT2D eigenvalue weighted by atomic mass is 16.5. The van der Waals surface area contributed by atoms with E-state index < -0.39 is 12.1 Å². The van der Waals surface area contributed by atoms with Gasteiger partial charge in [-0.1, -0.05) is 18.2 Å². The lowest BCUT2D eigenvalue weighted by Gasteiger charge is -2.14. The molecule has 2 aromatic rings. The molecule has 2 rings (SSSR count). The van der Waals surface area contributed by atoms with Crippen LogP contribution in [0.25, 0.3) is 0 Å². The van der Waals surface area contributed by atoms with Crippen molar-refractivity contribution in [1.82, 2.24) is 0 Å². The van der Waals surface area contributed by atoms with Crippen LogP contribution in [-0.2, 0) is 9.53 Å². The smallest absolute Gasteiger partial charge is 0.339 e. The van der Waals surface area contributed by atoms with Gasteiger partial charge in [0.05, 0.1) is 12.7 Å². The first kappa shape index (κ1) is 16.5. The summed E-state index contributed by atoms with van der Waals surface area (Å²) in [6.07, 6.45) is -0.908. The zero-order valence-corrected chi connectivity index (χ0v) is 13.3. The van der Waals surface area contributed by atoms with E-state index in [2.05, 4.69) is 5.32 Å². The minimum Gasteiger partial charge on any atom is -0.497 e. The van der Waals surface area contributed by atoms with E-state index in [-0.39, 0.29) is 5.91 Å². The fraction of sp³-hybridized carbons (Fsp3) is 0.222. The van der Waals surface area contributed by atoms with Crippen LogP contribution in [0.15, 0.2) is 48.5 Å². The van der Waals surface area contributed by atoms with Gasteiger partial charge < -0.3 is 14.8 Å². The minimum atomic E-state index is -0.908. The van der Waals surface area contributed by atoms with Crippen molar-refractivity contribution in [3.8, 4) is 5.75 Å². The minimum absolute atomic E-state index is 0.333. The van der Waals surface area contributed by atoms with Gasteiger partial charge in [0.15, 0.2) is 6.10 Å². The van der Waals surface area contributed by atoms with E-state index in [0.717, 1.165) is 5.56 Å². The summed E-state index contributed by atoms with van der Waals surface area (Å²) < 4.78 is 10.3. The molecule has 5 heteroatoms. The average Bonchev–Trinajstić information content (AvgIpc) is 2.54. The molecule has 2 aromatic carbocycles. The maximum Gasteiger partial charge on any atom is 0.339 e. The third-order valence-electron chi connectivity index (χ3n) is 3.24. The molecule has 0 fully saturated rings. The number of aryl methyl sites for hydroxylation is 1. The molecule has 0 radical (unpaired) electrons. The second-order valence-corrected chi connectivity index (χ2v) is 5.14. The van der Waals surface area contributed by atoms with Crippen LogP contribution in [0.4, 0.5) is 5.69 Å². The lowest BCUT2D eigenvalue weighted by Crippen LogP contribution is -2.30. The quantitative estimate of drug-likeness (QED) is 0.861. The zero-order valence-electron chi connectivity index (χ0n) is 13.3. The molecule has 5 nitrogen and oxygen atoms in total. The van der Waals surface area contributed by atoms with Crippen LogP contribution in [0.2, 0.25) is 0 Å². The van der Waals surface area contributed by atoms with E-state index in [4.69, 9.17) is 9.47 Å². The predicted molar refractivity (Wildman–Crippen MR) is 87.7 cm³/mol. The highest BCUT2D eigenvalue weighted by molar-refractivity contribution is 5.97. The number of rotatable bonds is 5. The van der Waals surface area contributed by atoms with Crippen LogP contribution in [-0.4, -0.2) is 25.1 Å². The highest BCUT2D eigenvalue weighted by Crippen LogP contribution is 2.15.